The van der Waals surface area contributed by atoms with E-state index >= 15 is 0 Å². The Labute approximate surface area is 104 Å². The van der Waals surface area contributed by atoms with Crippen molar-refractivity contribution in [2.45, 2.75) is 45.8 Å². The summed E-state index contributed by atoms with van der Waals surface area (Å²) in [5.74, 6) is -0.0544. The van der Waals surface area contributed by atoms with E-state index in [9.17, 15) is 4.39 Å². The number of nitrogen functional groups attached to an aromatic ring is 1. The zero-order chi connectivity index (χ0) is 13.4. The van der Waals surface area contributed by atoms with E-state index in [4.69, 9.17) is 10.2 Å². The molecule has 1 rings (SSSR count). The van der Waals surface area contributed by atoms with Gasteiger partial charge in [-0.2, -0.15) is 0 Å². The smallest absolute Gasteiger partial charge is 0.250 e. The highest BCUT2D eigenvalue weighted by atomic mass is 28.4. The molecule has 17 heavy (non-hydrogen) atoms. The average molecular weight is 255 g/mol. The molecule has 0 amide bonds. The standard InChI is InChI=1S/C13H22FNOSi/c1-9-7-12(10(14)8-11(9)15)16-17(5,6)13(2,3)4/h7-8H,15H2,1-6H3. The maximum Gasteiger partial charge on any atom is 0.250 e. The molecule has 0 heterocycles. The lowest BCUT2D eigenvalue weighted by molar-refractivity contribution is 0.457. The third kappa shape index (κ3) is 3.00. The van der Waals surface area contributed by atoms with Crippen molar-refractivity contribution in [2.75, 3.05) is 5.73 Å². The highest BCUT2D eigenvalue weighted by molar-refractivity contribution is 6.74. The number of halogens is 1. The van der Waals surface area contributed by atoms with Crippen LogP contribution in [0.1, 0.15) is 26.3 Å². The van der Waals surface area contributed by atoms with Gasteiger partial charge in [0.1, 0.15) is 5.75 Å². The summed E-state index contributed by atoms with van der Waals surface area (Å²) in [5, 5.41) is 0.0503. The Balaban J connectivity index is 3.08. The molecule has 0 saturated heterocycles. The predicted molar refractivity (Wildman–Crippen MR) is 73.4 cm³/mol. The summed E-state index contributed by atoms with van der Waals surface area (Å²) in [5.41, 5.74) is 6.97. The molecular formula is C13H22FNOSi. The minimum absolute atomic E-state index is 0.0503. The van der Waals surface area contributed by atoms with Gasteiger partial charge in [0.25, 0.3) is 8.32 Å². The fourth-order valence-electron chi connectivity index (χ4n) is 1.18. The first-order chi connectivity index (χ1) is 7.54. The normalized spacial score (nSPS) is 12.6. The van der Waals surface area contributed by atoms with Crippen LogP contribution in [0.25, 0.3) is 0 Å². The van der Waals surface area contributed by atoms with Gasteiger partial charge in [-0.1, -0.05) is 20.8 Å². The van der Waals surface area contributed by atoms with Gasteiger partial charge in [-0.05, 0) is 36.7 Å². The molecule has 0 bridgehead atoms. The molecule has 0 aromatic heterocycles. The molecule has 0 atom stereocenters. The van der Waals surface area contributed by atoms with Crippen LogP contribution in [-0.2, 0) is 0 Å². The van der Waals surface area contributed by atoms with E-state index in [1.807, 2.05) is 6.92 Å². The Morgan fingerprint density at radius 1 is 1.24 bits per heavy atom. The van der Waals surface area contributed by atoms with Gasteiger partial charge in [-0.3, -0.25) is 0 Å². The Morgan fingerprint density at radius 3 is 2.24 bits per heavy atom. The Bertz CT molecular complexity index is 424. The SMILES string of the molecule is Cc1cc(O[Si](C)(C)C(C)(C)C)c(F)cc1N. The Hall–Kier alpha value is -1.03. The van der Waals surface area contributed by atoms with Gasteiger partial charge in [0.05, 0.1) is 0 Å². The molecule has 0 aliphatic rings. The quantitative estimate of drug-likeness (QED) is 0.638. The summed E-state index contributed by atoms with van der Waals surface area (Å²) in [6.45, 7) is 12.4. The molecular weight excluding hydrogens is 233 g/mol. The van der Waals surface area contributed by atoms with Gasteiger partial charge in [0.15, 0.2) is 5.82 Å². The van der Waals surface area contributed by atoms with Gasteiger partial charge in [0, 0.05) is 11.8 Å². The summed E-state index contributed by atoms with van der Waals surface area (Å²) in [6, 6.07) is 3.02. The van der Waals surface area contributed by atoms with Crippen molar-refractivity contribution in [3.63, 3.8) is 0 Å². The zero-order valence-electron chi connectivity index (χ0n) is 11.5. The first-order valence-electron chi connectivity index (χ1n) is 5.79. The van der Waals surface area contributed by atoms with E-state index in [0.29, 0.717) is 11.4 Å². The molecule has 0 fully saturated rings. The second-order valence-corrected chi connectivity index (χ2v) is 10.7. The largest absolute Gasteiger partial charge is 0.542 e. The van der Waals surface area contributed by atoms with Crippen LogP contribution in [0.5, 0.6) is 5.75 Å². The van der Waals surface area contributed by atoms with Gasteiger partial charge in [0.2, 0.25) is 0 Å². The van der Waals surface area contributed by atoms with Crippen LogP contribution in [0, 0.1) is 12.7 Å². The molecule has 0 unspecified atom stereocenters. The molecule has 0 spiro atoms. The summed E-state index contributed by atoms with van der Waals surface area (Å²) in [4.78, 5) is 0. The van der Waals surface area contributed by atoms with Crippen molar-refractivity contribution in [1.82, 2.24) is 0 Å². The highest BCUT2D eigenvalue weighted by Gasteiger charge is 2.39. The third-order valence-corrected chi connectivity index (χ3v) is 7.83. The third-order valence-electron chi connectivity index (χ3n) is 3.49. The second-order valence-electron chi connectivity index (χ2n) is 6.00. The number of anilines is 1. The van der Waals surface area contributed by atoms with Crippen molar-refractivity contribution in [3.8, 4) is 5.75 Å². The summed E-state index contributed by atoms with van der Waals surface area (Å²) < 4.78 is 19.7. The molecule has 2 nitrogen and oxygen atoms in total. The number of rotatable bonds is 2. The molecule has 2 N–H and O–H groups in total. The highest BCUT2D eigenvalue weighted by Crippen LogP contribution is 2.38. The van der Waals surface area contributed by atoms with Crippen molar-refractivity contribution in [3.05, 3.63) is 23.5 Å². The monoisotopic (exact) mass is 255 g/mol. The van der Waals surface area contributed by atoms with Crippen molar-refractivity contribution >= 4 is 14.0 Å². The molecule has 1 aromatic rings. The van der Waals surface area contributed by atoms with Crippen LogP contribution in [0.3, 0.4) is 0 Å². The van der Waals surface area contributed by atoms with Crippen molar-refractivity contribution in [2.24, 2.45) is 0 Å². The molecule has 0 radical (unpaired) electrons. The lowest BCUT2D eigenvalue weighted by Crippen LogP contribution is -2.44. The van der Waals surface area contributed by atoms with E-state index in [0.717, 1.165) is 5.56 Å². The molecule has 0 saturated carbocycles. The first kappa shape index (κ1) is 14.0. The van der Waals surface area contributed by atoms with E-state index in [2.05, 4.69) is 33.9 Å². The van der Waals surface area contributed by atoms with Crippen LogP contribution in [0.15, 0.2) is 12.1 Å². The van der Waals surface area contributed by atoms with E-state index in [1.165, 1.54) is 6.07 Å². The summed E-state index contributed by atoms with van der Waals surface area (Å²) in [7, 11) is -2.00. The average Bonchev–Trinajstić information content (AvgIpc) is 2.12. The van der Waals surface area contributed by atoms with Crippen LogP contribution >= 0.6 is 0 Å². The van der Waals surface area contributed by atoms with Gasteiger partial charge in [-0.15, -0.1) is 0 Å². The molecule has 4 heteroatoms. The Morgan fingerprint density at radius 2 is 1.76 bits per heavy atom. The maximum absolute atomic E-state index is 13.8. The number of hydrogen-bond acceptors (Lipinski definition) is 2. The maximum atomic E-state index is 13.8. The topological polar surface area (TPSA) is 35.2 Å². The zero-order valence-corrected chi connectivity index (χ0v) is 12.5. The number of nitrogens with two attached hydrogens (primary N) is 1. The van der Waals surface area contributed by atoms with Crippen LogP contribution in [-0.4, -0.2) is 8.32 Å². The lowest BCUT2D eigenvalue weighted by Gasteiger charge is -2.36. The van der Waals surface area contributed by atoms with Gasteiger partial charge < -0.3 is 10.2 Å². The van der Waals surface area contributed by atoms with Gasteiger partial charge >= 0.3 is 0 Å². The molecule has 1 aromatic carbocycles. The Kier molecular flexibility index (Phi) is 3.57. The van der Waals surface area contributed by atoms with E-state index in [-0.39, 0.29) is 10.9 Å². The van der Waals surface area contributed by atoms with E-state index < -0.39 is 8.32 Å². The number of benzene rings is 1. The van der Waals surface area contributed by atoms with E-state index in [1.54, 1.807) is 6.07 Å². The lowest BCUT2D eigenvalue weighted by atomic mass is 10.2. The van der Waals surface area contributed by atoms with Crippen LogP contribution in [0.2, 0.25) is 18.1 Å². The minimum Gasteiger partial charge on any atom is -0.542 e. The minimum atomic E-state index is -2.00. The first-order valence-corrected chi connectivity index (χ1v) is 8.70. The van der Waals surface area contributed by atoms with Gasteiger partial charge in [-0.25, -0.2) is 4.39 Å². The molecule has 96 valence electrons. The fourth-order valence-corrected chi connectivity index (χ4v) is 2.19. The van der Waals surface area contributed by atoms with Crippen LogP contribution in [0.4, 0.5) is 10.1 Å². The summed E-state index contributed by atoms with van der Waals surface area (Å²) >= 11 is 0. The van der Waals surface area contributed by atoms with Crippen molar-refractivity contribution in [1.29, 1.82) is 0 Å². The number of aryl methyl sites for hydroxylation is 1. The van der Waals surface area contributed by atoms with Crippen LogP contribution < -0.4 is 10.2 Å². The number of hydrogen-bond donors (Lipinski definition) is 1. The summed E-state index contributed by atoms with van der Waals surface area (Å²) in [6.07, 6.45) is 0. The predicted octanol–water partition coefficient (Wildman–Crippen LogP) is 4.10. The second kappa shape index (κ2) is 4.33. The molecule has 0 aliphatic heterocycles. The molecule has 0 aliphatic carbocycles. The fraction of sp³-hybridized carbons (Fsp3) is 0.538. The van der Waals surface area contributed by atoms with Crippen molar-refractivity contribution < 1.29 is 8.82 Å².